The third kappa shape index (κ3) is 12.5. The van der Waals surface area contributed by atoms with Crippen molar-refractivity contribution in [1.29, 1.82) is 0 Å². The summed E-state index contributed by atoms with van der Waals surface area (Å²) in [6, 6.07) is 0. The number of rotatable bonds is 6. The number of ketones is 2. The van der Waals surface area contributed by atoms with Crippen molar-refractivity contribution in [2.24, 2.45) is 22.1 Å². The normalized spacial score (nSPS) is 16.0. The Morgan fingerprint density at radius 3 is 0.969 bits per heavy atom. The van der Waals surface area contributed by atoms with Crippen molar-refractivity contribution in [2.45, 2.75) is 160 Å². The molecule has 4 aliphatic rings. The van der Waals surface area contributed by atoms with E-state index in [0.29, 0.717) is 12.8 Å². The lowest BCUT2D eigenvalue weighted by atomic mass is 9.89. The van der Waals surface area contributed by atoms with Crippen molar-refractivity contribution in [3.8, 4) is 0 Å². The van der Waals surface area contributed by atoms with Gasteiger partial charge in [-0.15, -0.1) is 24.0 Å². The van der Waals surface area contributed by atoms with Gasteiger partial charge in [-0.1, -0.05) is 10.3 Å². The van der Waals surface area contributed by atoms with Crippen LogP contribution >= 0.6 is 24.0 Å². The summed E-state index contributed by atoms with van der Waals surface area (Å²) in [6.45, 7) is 25.0. The Balaban J connectivity index is 0.000000225. The van der Waals surface area contributed by atoms with E-state index in [-0.39, 0.29) is 49.1 Å². The molecule has 4 aliphatic carbocycles. The lowest BCUT2D eigenvalue weighted by Gasteiger charge is -2.21. The number of hydrogen-bond acceptors (Lipinski definition) is 14. The summed E-state index contributed by atoms with van der Waals surface area (Å²) in [5, 5.41) is 8.69. The molecular weight excluding hydrogens is 936 g/mol. The highest BCUT2D eigenvalue weighted by Crippen LogP contribution is 2.30. The monoisotopic (exact) mass is 1000 g/mol. The minimum Gasteiger partial charge on any atom is -0.351 e. The van der Waals surface area contributed by atoms with Gasteiger partial charge in [-0.25, -0.2) is 21.8 Å². The van der Waals surface area contributed by atoms with E-state index in [4.69, 9.17) is 19.6 Å². The Labute approximate surface area is 402 Å². The van der Waals surface area contributed by atoms with Crippen molar-refractivity contribution < 1.29 is 28.9 Å². The predicted octanol–water partition coefficient (Wildman–Crippen LogP) is 9.49. The van der Waals surface area contributed by atoms with Crippen LogP contribution in [0.15, 0.2) is 10.3 Å². The Kier molecular flexibility index (Phi) is 19.8. The van der Waals surface area contributed by atoms with Crippen LogP contribution in [-0.4, -0.2) is 56.5 Å². The average molecular weight is 1010 g/mol. The molecule has 352 valence electrons. The van der Waals surface area contributed by atoms with Crippen LogP contribution < -0.4 is 11.8 Å². The van der Waals surface area contributed by atoms with Crippen LogP contribution in [0.2, 0.25) is 0 Å². The molecule has 65 heavy (non-hydrogen) atoms. The molecule has 0 radical (unpaired) electrons. The molecular formula is C50H69IN8O6. The largest absolute Gasteiger partial charge is 0.351 e. The second kappa shape index (κ2) is 24.3. The van der Waals surface area contributed by atoms with Gasteiger partial charge in [0.25, 0.3) is 6.79 Å². The van der Waals surface area contributed by atoms with E-state index in [1.807, 2.05) is 13.8 Å². The molecule has 0 amide bonds. The molecule has 0 saturated heterocycles. The summed E-state index contributed by atoms with van der Waals surface area (Å²) >= 11 is 0. The zero-order chi connectivity index (χ0) is 46.8. The SMILES string of the molecule is Cc1nc2c(c(C)c1C)CCC/C2=N\OCO/N=C1\CCCc2c1nc(C)c(C)c2C.Cc1nc2c(c(C)c1C)CCCC2=O.Cc1nc2c(c(C)c1C)CCCC2=O.I.NOCON. The maximum atomic E-state index is 11.6. The third-order valence-corrected chi connectivity index (χ3v) is 13.5. The first-order valence-corrected chi connectivity index (χ1v) is 22.5. The minimum absolute atomic E-state index is 0. The quantitative estimate of drug-likeness (QED) is 0.0804. The van der Waals surface area contributed by atoms with Crippen LogP contribution in [0, 0.1) is 83.1 Å². The number of pyridine rings is 4. The van der Waals surface area contributed by atoms with Gasteiger partial charge < -0.3 is 9.68 Å². The van der Waals surface area contributed by atoms with Gasteiger partial charge in [0.2, 0.25) is 0 Å². The fourth-order valence-electron chi connectivity index (χ4n) is 8.78. The molecule has 0 atom stereocenters. The van der Waals surface area contributed by atoms with Crippen molar-refractivity contribution in [3.05, 3.63) is 112 Å². The van der Waals surface area contributed by atoms with Gasteiger partial charge in [0.05, 0.1) is 11.4 Å². The number of nitrogens with zero attached hydrogens (tertiary/aromatic N) is 6. The molecule has 4 aromatic rings. The van der Waals surface area contributed by atoms with Gasteiger partial charge in [-0.3, -0.25) is 29.2 Å². The highest BCUT2D eigenvalue weighted by molar-refractivity contribution is 14.0. The number of nitrogens with two attached hydrogens (primary N) is 2. The summed E-state index contributed by atoms with van der Waals surface area (Å²) < 4.78 is 0. The van der Waals surface area contributed by atoms with Crippen LogP contribution in [-0.2, 0) is 45.0 Å². The van der Waals surface area contributed by atoms with Gasteiger partial charge in [-0.05, 0) is 214 Å². The van der Waals surface area contributed by atoms with Crippen LogP contribution in [0.1, 0.15) is 173 Å². The minimum atomic E-state index is -0.0556. The van der Waals surface area contributed by atoms with E-state index in [9.17, 15) is 9.59 Å². The van der Waals surface area contributed by atoms with Crippen molar-refractivity contribution in [2.75, 3.05) is 13.6 Å². The van der Waals surface area contributed by atoms with Gasteiger partial charge in [0.1, 0.15) is 22.8 Å². The number of halogens is 1. The fraction of sp³-hybridized carbons (Fsp3) is 0.520. The number of hydrogen-bond donors (Lipinski definition) is 2. The Morgan fingerprint density at radius 1 is 0.400 bits per heavy atom. The summed E-state index contributed by atoms with van der Waals surface area (Å²) in [5.74, 6) is 9.31. The van der Waals surface area contributed by atoms with Crippen molar-refractivity contribution in [1.82, 2.24) is 19.9 Å². The molecule has 0 unspecified atom stereocenters. The zero-order valence-electron chi connectivity index (χ0n) is 40.6. The van der Waals surface area contributed by atoms with E-state index in [1.165, 1.54) is 66.8 Å². The number of aromatic nitrogens is 4. The molecule has 0 spiro atoms. The molecule has 0 bridgehead atoms. The number of Topliss-reactive ketones (excluding diaryl/α,β-unsaturated/α-hetero) is 2. The maximum absolute atomic E-state index is 11.6. The first-order chi connectivity index (χ1) is 30.5. The van der Waals surface area contributed by atoms with Crippen LogP contribution in [0.5, 0.6) is 0 Å². The Morgan fingerprint density at radius 2 is 0.677 bits per heavy atom. The number of fused-ring (bicyclic) bond motifs is 4. The van der Waals surface area contributed by atoms with Gasteiger partial charge in [0.15, 0.2) is 18.4 Å². The third-order valence-electron chi connectivity index (χ3n) is 13.5. The first-order valence-electron chi connectivity index (χ1n) is 22.5. The van der Waals surface area contributed by atoms with Gasteiger partial charge in [-0.2, -0.15) is 0 Å². The lowest BCUT2D eigenvalue weighted by Crippen LogP contribution is -2.18. The highest BCUT2D eigenvalue weighted by atomic mass is 127. The topological polar surface area (TPSA) is 199 Å². The number of carbonyl (C=O) groups excluding carboxylic acids is 2. The van der Waals surface area contributed by atoms with E-state index in [2.05, 4.69) is 111 Å². The fourth-order valence-corrected chi connectivity index (χ4v) is 8.78. The van der Waals surface area contributed by atoms with Crippen LogP contribution in [0.3, 0.4) is 0 Å². The van der Waals surface area contributed by atoms with Gasteiger partial charge >= 0.3 is 0 Å². The Hall–Kier alpha value is -4.55. The van der Waals surface area contributed by atoms with E-state index in [1.54, 1.807) is 0 Å². The molecule has 0 fully saturated rings. The summed E-state index contributed by atoms with van der Waals surface area (Å²) in [4.78, 5) is 60.3. The summed E-state index contributed by atoms with van der Waals surface area (Å²) in [7, 11) is 0. The summed E-state index contributed by atoms with van der Waals surface area (Å²) in [5.41, 5.74) is 24.4. The van der Waals surface area contributed by atoms with Crippen LogP contribution in [0.25, 0.3) is 0 Å². The smallest absolute Gasteiger partial charge is 0.280 e. The first kappa shape index (κ1) is 53.1. The van der Waals surface area contributed by atoms with Crippen molar-refractivity contribution >= 4 is 47.0 Å². The van der Waals surface area contributed by atoms with E-state index in [0.717, 1.165) is 121 Å². The summed E-state index contributed by atoms with van der Waals surface area (Å²) in [6.07, 6.45) is 11.3. The van der Waals surface area contributed by atoms with E-state index < -0.39 is 0 Å². The molecule has 0 saturated carbocycles. The number of carbonyl (C=O) groups is 2. The molecule has 8 rings (SSSR count). The molecule has 4 N–H and O–H groups in total. The molecule has 0 aromatic carbocycles. The lowest BCUT2D eigenvalue weighted by molar-refractivity contribution is -0.0570. The molecule has 4 heterocycles. The predicted molar refractivity (Wildman–Crippen MR) is 265 cm³/mol. The molecule has 15 heteroatoms. The van der Waals surface area contributed by atoms with Crippen LogP contribution in [0.4, 0.5) is 0 Å². The van der Waals surface area contributed by atoms with Gasteiger partial charge in [0, 0.05) is 35.6 Å². The number of aryl methyl sites for hydroxylation is 4. The standard InChI is InChI=1S/C25H32N4O2.2C12H15NO.CH6N2O2.HI/c1-14-16(3)20-9-7-11-22(24(20)26-18(14)5)28-30-13-31-29-23-12-8-10-21-17(4)15(2)19(6)27-25(21)23;2*1-7-8(2)10-5-4-6-11(14)12(10)13-9(7)3;2-4-1-5-3;/h7-13H2,1-6H3;2*4-6H2,1-3H3;1-3H2;1H/b28-22+,29-23+;;;;. The maximum Gasteiger partial charge on any atom is 0.280 e. The number of oxime groups is 2. The van der Waals surface area contributed by atoms with E-state index >= 15 is 0 Å². The molecule has 4 aromatic heterocycles. The Bertz CT molecular complexity index is 2300. The average Bonchev–Trinajstić information content (AvgIpc) is 3.28. The molecule has 14 nitrogen and oxygen atoms in total. The molecule has 0 aliphatic heterocycles. The van der Waals surface area contributed by atoms with Crippen molar-refractivity contribution in [3.63, 3.8) is 0 Å². The second-order valence-corrected chi connectivity index (χ2v) is 17.3. The second-order valence-electron chi connectivity index (χ2n) is 17.3. The zero-order valence-corrected chi connectivity index (χ0v) is 42.9. The highest BCUT2D eigenvalue weighted by Gasteiger charge is 2.25.